The summed E-state index contributed by atoms with van der Waals surface area (Å²) in [5, 5.41) is 7.96. The maximum Gasteiger partial charge on any atom is 0.259 e. The molecular weight excluding hydrogens is 308 g/mol. The Balaban J connectivity index is 1.42. The minimum atomic E-state index is 0.0140. The van der Waals surface area contributed by atoms with Gasteiger partial charge >= 0.3 is 0 Å². The van der Waals surface area contributed by atoms with E-state index in [0.717, 1.165) is 31.6 Å². The lowest BCUT2D eigenvalue weighted by Crippen LogP contribution is -2.40. The Bertz CT molecular complexity index is 727. The second-order valence-electron chi connectivity index (χ2n) is 6.98. The van der Waals surface area contributed by atoms with Crippen LogP contribution < -0.4 is 0 Å². The molecule has 2 aromatic rings. The summed E-state index contributed by atoms with van der Waals surface area (Å²) < 4.78 is 10.5. The largest absolute Gasteiger partial charge is 0.361 e. The number of amides is 1. The highest BCUT2D eigenvalue weighted by molar-refractivity contribution is 5.96. The van der Waals surface area contributed by atoms with E-state index in [4.69, 9.17) is 9.05 Å². The van der Waals surface area contributed by atoms with Crippen LogP contribution in [0.15, 0.2) is 9.05 Å². The molecule has 3 heterocycles. The number of rotatable bonds is 4. The highest BCUT2D eigenvalue weighted by Crippen LogP contribution is 2.38. The number of carbonyl (C=O) groups is 1. The second-order valence-corrected chi connectivity index (χ2v) is 6.98. The van der Waals surface area contributed by atoms with Crippen molar-refractivity contribution in [2.75, 3.05) is 13.1 Å². The fourth-order valence-corrected chi connectivity index (χ4v) is 3.47. The monoisotopic (exact) mass is 330 g/mol. The van der Waals surface area contributed by atoms with Gasteiger partial charge in [-0.25, -0.2) is 0 Å². The average Bonchev–Trinajstić information content (AvgIpc) is 3.24. The van der Waals surface area contributed by atoms with Crippen molar-refractivity contribution in [2.45, 2.75) is 51.9 Å². The number of carbonyl (C=O) groups excluding carboxylic acids is 1. The van der Waals surface area contributed by atoms with Crippen molar-refractivity contribution in [3.63, 3.8) is 0 Å². The van der Waals surface area contributed by atoms with Gasteiger partial charge in [0.1, 0.15) is 11.3 Å². The Hall–Kier alpha value is -2.18. The summed E-state index contributed by atoms with van der Waals surface area (Å²) in [6, 6.07) is 0. The smallest absolute Gasteiger partial charge is 0.259 e. The Labute approximate surface area is 140 Å². The van der Waals surface area contributed by atoms with Crippen molar-refractivity contribution in [1.82, 2.24) is 20.2 Å². The first-order valence-electron chi connectivity index (χ1n) is 8.66. The van der Waals surface area contributed by atoms with Gasteiger partial charge in [-0.05, 0) is 45.4 Å². The third-order valence-electron chi connectivity index (χ3n) is 4.94. The summed E-state index contributed by atoms with van der Waals surface area (Å²) >= 11 is 0. The third kappa shape index (κ3) is 2.95. The summed E-state index contributed by atoms with van der Waals surface area (Å²) in [5.74, 6) is 3.02. The van der Waals surface area contributed by atoms with Crippen LogP contribution in [0, 0.1) is 19.8 Å². The van der Waals surface area contributed by atoms with Crippen LogP contribution in [0.4, 0.5) is 0 Å². The zero-order valence-electron chi connectivity index (χ0n) is 14.1. The van der Waals surface area contributed by atoms with Gasteiger partial charge in [-0.2, -0.15) is 4.98 Å². The quantitative estimate of drug-likeness (QED) is 0.856. The van der Waals surface area contributed by atoms with Crippen molar-refractivity contribution in [1.29, 1.82) is 0 Å². The number of likely N-dealkylation sites (tertiary alicyclic amines) is 1. The second kappa shape index (κ2) is 6.03. The molecule has 1 amide bonds. The van der Waals surface area contributed by atoms with E-state index in [1.54, 1.807) is 6.92 Å². The molecule has 1 atom stereocenters. The van der Waals surface area contributed by atoms with Gasteiger partial charge in [0.05, 0.1) is 5.69 Å². The minimum Gasteiger partial charge on any atom is -0.361 e. The Kier molecular flexibility index (Phi) is 3.86. The maximum absolute atomic E-state index is 12.8. The summed E-state index contributed by atoms with van der Waals surface area (Å²) in [6.45, 7) is 5.08. The molecule has 1 saturated carbocycles. The van der Waals surface area contributed by atoms with E-state index in [2.05, 4.69) is 15.3 Å². The van der Waals surface area contributed by atoms with Gasteiger partial charge < -0.3 is 13.9 Å². The standard InChI is InChI=1S/C17H22N4O3/c1-10-15(11(2)23-19-10)17(22)21-7-3-4-12(9-21)8-14-18-16(20-24-14)13-5-6-13/h12-13H,3-9H2,1-2H3/t12-/m0/s1. The molecule has 0 radical (unpaired) electrons. The van der Waals surface area contributed by atoms with Crippen molar-refractivity contribution in [3.05, 3.63) is 28.7 Å². The minimum absolute atomic E-state index is 0.0140. The molecule has 0 spiro atoms. The molecule has 0 bridgehead atoms. The van der Waals surface area contributed by atoms with E-state index in [0.29, 0.717) is 41.3 Å². The van der Waals surface area contributed by atoms with Crippen LogP contribution in [0.2, 0.25) is 0 Å². The highest BCUT2D eigenvalue weighted by Gasteiger charge is 2.31. The first-order valence-corrected chi connectivity index (χ1v) is 8.66. The molecular formula is C17H22N4O3. The molecule has 4 rings (SSSR count). The topological polar surface area (TPSA) is 85.3 Å². The third-order valence-corrected chi connectivity index (χ3v) is 4.94. The molecule has 7 heteroatoms. The molecule has 0 aromatic carbocycles. The fraction of sp³-hybridized carbons (Fsp3) is 0.647. The molecule has 128 valence electrons. The molecule has 2 aliphatic rings. The lowest BCUT2D eigenvalue weighted by atomic mass is 9.94. The van der Waals surface area contributed by atoms with Gasteiger partial charge in [0.25, 0.3) is 5.91 Å². The lowest BCUT2D eigenvalue weighted by molar-refractivity contribution is 0.0665. The molecule has 1 aliphatic carbocycles. The van der Waals surface area contributed by atoms with Gasteiger partial charge in [0.15, 0.2) is 5.82 Å². The normalized spacial score (nSPS) is 21.2. The van der Waals surface area contributed by atoms with Gasteiger partial charge in [-0.3, -0.25) is 4.79 Å². The molecule has 0 N–H and O–H groups in total. The van der Waals surface area contributed by atoms with Crippen LogP contribution >= 0.6 is 0 Å². The SMILES string of the molecule is Cc1noc(C)c1C(=O)N1CCC[C@@H](Cc2nc(C3CC3)no2)C1. The Morgan fingerprint density at radius 2 is 2.04 bits per heavy atom. The van der Waals surface area contributed by atoms with E-state index in [1.807, 2.05) is 11.8 Å². The number of piperidine rings is 1. The number of aryl methyl sites for hydroxylation is 2. The van der Waals surface area contributed by atoms with Crippen LogP contribution in [-0.2, 0) is 6.42 Å². The summed E-state index contributed by atoms with van der Waals surface area (Å²) in [6.07, 6.45) is 5.14. The lowest BCUT2D eigenvalue weighted by Gasteiger charge is -2.32. The first kappa shape index (κ1) is 15.4. The van der Waals surface area contributed by atoms with Crippen molar-refractivity contribution < 1.29 is 13.8 Å². The van der Waals surface area contributed by atoms with Crippen LogP contribution in [-0.4, -0.2) is 39.2 Å². The van der Waals surface area contributed by atoms with E-state index >= 15 is 0 Å². The summed E-state index contributed by atoms with van der Waals surface area (Å²) in [7, 11) is 0. The predicted molar refractivity (Wildman–Crippen MR) is 84.6 cm³/mol. The van der Waals surface area contributed by atoms with Gasteiger partial charge in [0.2, 0.25) is 5.89 Å². The number of nitrogens with zero attached hydrogens (tertiary/aromatic N) is 4. The van der Waals surface area contributed by atoms with Gasteiger partial charge in [0, 0.05) is 25.4 Å². The van der Waals surface area contributed by atoms with Crippen molar-refractivity contribution in [3.8, 4) is 0 Å². The summed E-state index contributed by atoms with van der Waals surface area (Å²) in [4.78, 5) is 19.2. The van der Waals surface area contributed by atoms with Gasteiger partial charge in [-0.1, -0.05) is 10.3 Å². The van der Waals surface area contributed by atoms with E-state index in [-0.39, 0.29) is 5.91 Å². The van der Waals surface area contributed by atoms with Crippen molar-refractivity contribution >= 4 is 5.91 Å². The van der Waals surface area contributed by atoms with Crippen molar-refractivity contribution in [2.24, 2.45) is 5.92 Å². The average molecular weight is 330 g/mol. The first-order chi connectivity index (χ1) is 11.6. The summed E-state index contributed by atoms with van der Waals surface area (Å²) in [5.41, 5.74) is 1.26. The predicted octanol–water partition coefficient (Wildman–Crippen LogP) is 2.65. The van der Waals surface area contributed by atoms with Crippen LogP contribution in [0.5, 0.6) is 0 Å². The molecule has 1 saturated heterocycles. The van der Waals surface area contributed by atoms with E-state index < -0.39 is 0 Å². The molecule has 0 unspecified atom stereocenters. The number of hydrogen-bond acceptors (Lipinski definition) is 6. The zero-order valence-corrected chi connectivity index (χ0v) is 14.1. The highest BCUT2D eigenvalue weighted by atomic mass is 16.5. The maximum atomic E-state index is 12.8. The molecule has 24 heavy (non-hydrogen) atoms. The molecule has 7 nitrogen and oxygen atoms in total. The number of aromatic nitrogens is 3. The van der Waals surface area contributed by atoms with Crippen LogP contribution in [0.25, 0.3) is 0 Å². The number of hydrogen-bond donors (Lipinski definition) is 0. The molecule has 2 aromatic heterocycles. The molecule has 1 aliphatic heterocycles. The molecule has 2 fully saturated rings. The van der Waals surface area contributed by atoms with Crippen LogP contribution in [0.3, 0.4) is 0 Å². The van der Waals surface area contributed by atoms with Gasteiger partial charge in [-0.15, -0.1) is 0 Å². The van der Waals surface area contributed by atoms with E-state index in [1.165, 1.54) is 12.8 Å². The van der Waals surface area contributed by atoms with E-state index in [9.17, 15) is 4.79 Å². The fourth-order valence-electron chi connectivity index (χ4n) is 3.47. The Morgan fingerprint density at radius 3 is 2.75 bits per heavy atom. The van der Waals surface area contributed by atoms with Crippen LogP contribution in [0.1, 0.15) is 65.1 Å². The Morgan fingerprint density at radius 1 is 1.21 bits per heavy atom. The zero-order chi connectivity index (χ0) is 16.7.